The van der Waals surface area contributed by atoms with Crippen LogP contribution in [0.5, 0.6) is 0 Å². The molecule has 0 aliphatic carbocycles. The molecule has 1 saturated heterocycles. The predicted octanol–water partition coefficient (Wildman–Crippen LogP) is 6.30. The van der Waals surface area contributed by atoms with Gasteiger partial charge in [-0.2, -0.15) is 11.8 Å². The molecule has 3 atom stereocenters. The molecule has 7 nitrogen and oxygen atoms in total. The highest BCUT2D eigenvalue weighted by Crippen LogP contribution is 2.26. The lowest BCUT2D eigenvalue weighted by Crippen LogP contribution is -2.43. The summed E-state index contributed by atoms with van der Waals surface area (Å²) in [7, 11) is 0. The zero-order valence-electron chi connectivity index (χ0n) is 26.6. The number of carbonyl (C=O) groups excluding carboxylic acids is 3. The minimum Gasteiger partial charge on any atom is -0.461 e. The van der Waals surface area contributed by atoms with Crippen LogP contribution in [0.4, 0.5) is 5.69 Å². The number of rotatable bonds is 15. The molecule has 0 aromatic heterocycles. The summed E-state index contributed by atoms with van der Waals surface area (Å²) >= 11 is 3.02. The number of hydrogen-bond acceptors (Lipinski definition) is 8. The summed E-state index contributed by atoms with van der Waals surface area (Å²) < 4.78 is 5.46. The van der Waals surface area contributed by atoms with Gasteiger partial charge >= 0.3 is 5.97 Å². The van der Waals surface area contributed by atoms with E-state index < -0.39 is 12.0 Å². The van der Waals surface area contributed by atoms with Gasteiger partial charge in [-0.1, -0.05) is 78.0 Å². The Kier molecular flexibility index (Phi) is 13.4. The lowest BCUT2D eigenvalue weighted by Gasteiger charge is -2.20. The fourth-order valence-electron chi connectivity index (χ4n) is 5.25. The highest BCUT2D eigenvalue weighted by molar-refractivity contribution is 8.14. The molecule has 240 valence electrons. The third kappa shape index (κ3) is 10.9. The Balaban J connectivity index is 1.44. The number of esters is 1. The van der Waals surface area contributed by atoms with Crippen molar-refractivity contribution in [2.24, 2.45) is 0 Å². The van der Waals surface area contributed by atoms with E-state index in [2.05, 4.69) is 47.1 Å². The second kappa shape index (κ2) is 17.4. The van der Waals surface area contributed by atoms with Gasteiger partial charge in [-0.05, 0) is 81.7 Å². The van der Waals surface area contributed by atoms with E-state index in [-0.39, 0.29) is 28.4 Å². The molecule has 1 heterocycles. The molecule has 1 aliphatic heterocycles. The van der Waals surface area contributed by atoms with Crippen LogP contribution in [-0.2, 0) is 22.4 Å². The Bertz CT molecular complexity index is 1420. The van der Waals surface area contributed by atoms with Crippen molar-refractivity contribution >= 4 is 46.2 Å². The second-order valence-electron chi connectivity index (χ2n) is 11.8. The molecule has 3 aromatic rings. The van der Waals surface area contributed by atoms with Gasteiger partial charge in [0.25, 0.3) is 5.91 Å². The van der Waals surface area contributed by atoms with Crippen LogP contribution in [0.2, 0.25) is 0 Å². The van der Waals surface area contributed by atoms with Gasteiger partial charge in [0.1, 0.15) is 6.04 Å². The van der Waals surface area contributed by atoms with Crippen LogP contribution < -0.4 is 16.0 Å². The molecule has 1 fully saturated rings. The number of aryl methyl sites for hydroxylation is 3. The van der Waals surface area contributed by atoms with Crippen LogP contribution in [0.25, 0.3) is 0 Å². The molecule has 0 bridgehead atoms. The summed E-state index contributed by atoms with van der Waals surface area (Å²) in [5.74, 6) is 0.0394. The van der Waals surface area contributed by atoms with E-state index in [0.717, 1.165) is 42.0 Å². The molecule has 0 spiro atoms. The Morgan fingerprint density at radius 1 is 1.00 bits per heavy atom. The van der Waals surface area contributed by atoms with Crippen LogP contribution in [0.1, 0.15) is 64.1 Å². The van der Waals surface area contributed by atoms with E-state index in [1.54, 1.807) is 11.8 Å². The molecule has 45 heavy (non-hydrogen) atoms. The first-order valence-corrected chi connectivity index (χ1v) is 17.9. The van der Waals surface area contributed by atoms with Crippen molar-refractivity contribution in [1.82, 2.24) is 10.6 Å². The van der Waals surface area contributed by atoms with Gasteiger partial charge in [0.2, 0.25) is 5.12 Å². The van der Waals surface area contributed by atoms with Crippen molar-refractivity contribution in [3.8, 4) is 0 Å². The number of amides is 1. The van der Waals surface area contributed by atoms with E-state index in [0.29, 0.717) is 24.9 Å². The minimum absolute atomic E-state index is 0.0981. The molecule has 9 heteroatoms. The van der Waals surface area contributed by atoms with Gasteiger partial charge < -0.3 is 20.7 Å². The molecule has 1 aliphatic rings. The van der Waals surface area contributed by atoms with Crippen molar-refractivity contribution in [3.05, 3.63) is 101 Å². The first kappa shape index (κ1) is 34.6. The maximum atomic E-state index is 13.8. The fourth-order valence-corrected chi connectivity index (χ4v) is 6.80. The smallest absolute Gasteiger partial charge is 0.328 e. The number of thioether (sulfide) groups is 2. The van der Waals surface area contributed by atoms with Crippen molar-refractivity contribution in [2.45, 2.75) is 69.9 Å². The molecule has 4 rings (SSSR count). The van der Waals surface area contributed by atoms with E-state index in [9.17, 15) is 14.4 Å². The summed E-state index contributed by atoms with van der Waals surface area (Å²) in [4.78, 5) is 39.3. The highest BCUT2D eigenvalue weighted by atomic mass is 32.2. The third-order valence-electron chi connectivity index (χ3n) is 7.73. The Morgan fingerprint density at radius 3 is 2.47 bits per heavy atom. The van der Waals surface area contributed by atoms with E-state index >= 15 is 0 Å². The SMILES string of the molecule is CSCC[C@H](NC(=O)c1cc(NC[C@@H]2C[C@H](SC(=O)c3ccccc3)CN2)ccc1CCc1ccc(C)cc1)C(=O)OC(C)C. The summed E-state index contributed by atoms with van der Waals surface area (Å²) in [6, 6.07) is 23.2. The standard InChI is InChI=1S/C36H45N3O4S2/c1-24(2)43-35(41)33(18-19-44-4)39-34(40)32-21-29(17-16-27(32)15-14-26-12-10-25(3)11-13-26)37-22-30-20-31(23-38-30)45-36(42)28-8-6-5-7-9-28/h5-13,16-17,21,24,30-31,33,37-38H,14-15,18-20,22-23H2,1-4H3,(H,39,40)/t30-,31-,33-/m0/s1. The lowest BCUT2D eigenvalue weighted by atomic mass is 9.97. The maximum Gasteiger partial charge on any atom is 0.328 e. The summed E-state index contributed by atoms with van der Waals surface area (Å²) in [5, 5.41) is 10.3. The molecule has 0 radical (unpaired) electrons. The number of ether oxygens (including phenoxy) is 1. The lowest BCUT2D eigenvalue weighted by molar-refractivity contribution is -0.149. The van der Waals surface area contributed by atoms with Crippen LogP contribution in [0.15, 0.2) is 72.8 Å². The molecular weight excluding hydrogens is 603 g/mol. The second-order valence-corrected chi connectivity index (χ2v) is 14.0. The number of hydrogen-bond donors (Lipinski definition) is 3. The summed E-state index contributed by atoms with van der Waals surface area (Å²) in [6.45, 7) is 7.12. The Morgan fingerprint density at radius 2 is 1.76 bits per heavy atom. The molecule has 1 amide bonds. The largest absolute Gasteiger partial charge is 0.461 e. The molecule has 0 unspecified atom stereocenters. The molecular formula is C36H45N3O4S2. The summed E-state index contributed by atoms with van der Waals surface area (Å²) in [5.41, 5.74) is 5.46. The van der Waals surface area contributed by atoms with Gasteiger partial charge in [0.05, 0.1) is 6.10 Å². The zero-order valence-corrected chi connectivity index (χ0v) is 28.3. The third-order valence-corrected chi connectivity index (χ3v) is 9.51. The topological polar surface area (TPSA) is 96.5 Å². The predicted molar refractivity (Wildman–Crippen MR) is 188 cm³/mol. The first-order valence-electron chi connectivity index (χ1n) is 15.6. The van der Waals surface area contributed by atoms with E-state index in [1.807, 2.05) is 68.6 Å². The average molecular weight is 648 g/mol. The van der Waals surface area contributed by atoms with Crippen molar-refractivity contribution in [3.63, 3.8) is 0 Å². The Hall–Kier alpha value is -3.27. The highest BCUT2D eigenvalue weighted by Gasteiger charge is 2.28. The van der Waals surface area contributed by atoms with E-state index in [1.165, 1.54) is 22.9 Å². The minimum atomic E-state index is -0.718. The zero-order chi connectivity index (χ0) is 32.2. The van der Waals surface area contributed by atoms with Crippen LogP contribution >= 0.6 is 23.5 Å². The number of anilines is 1. The molecule has 3 aromatic carbocycles. The van der Waals surface area contributed by atoms with Crippen LogP contribution in [0.3, 0.4) is 0 Å². The molecule has 3 N–H and O–H groups in total. The molecule has 0 saturated carbocycles. The number of nitrogens with one attached hydrogen (secondary N) is 3. The van der Waals surface area contributed by atoms with Gasteiger partial charge in [-0.25, -0.2) is 4.79 Å². The van der Waals surface area contributed by atoms with Gasteiger partial charge in [0, 0.05) is 41.2 Å². The fraction of sp³-hybridized carbons (Fsp3) is 0.417. The number of benzene rings is 3. The van der Waals surface area contributed by atoms with Crippen molar-refractivity contribution in [2.75, 3.05) is 30.4 Å². The first-order chi connectivity index (χ1) is 21.7. The normalized spacial score (nSPS) is 16.7. The van der Waals surface area contributed by atoms with Crippen LogP contribution in [0, 0.1) is 6.92 Å². The maximum absolute atomic E-state index is 13.8. The monoisotopic (exact) mass is 647 g/mol. The van der Waals surface area contributed by atoms with Gasteiger partial charge in [-0.15, -0.1) is 0 Å². The van der Waals surface area contributed by atoms with Crippen molar-refractivity contribution < 1.29 is 19.1 Å². The van der Waals surface area contributed by atoms with Crippen molar-refractivity contribution in [1.29, 1.82) is 0 Å². The number of carbonyl (C=O) groups is 3. The van der Waals surface area contributed by atoms with Gasteiger partial charge in [0.15, 0.2) is 0 Å². The quantitative estimate of drug-likeness (QED) is 0.166. The summed E-state index contributed by atoms with van der Waals surface area (Å²) in [6.07, 6.45) is 4.57. The van der Waals surface area contributed by atoms with Crippen LogP contribution in [-0.4, -0.2) is 65.5 Å². The average Bonchev–Trinajstić information content (AvgIpc) is 3.49. The Labute approximate surface area is 276 Å². The van der Waals surface area contributed by atoms with Gasteiger partial charge in [-0.3, -0.25) is 9.59 Å². The van der Waals surface area contributed by atoms with E-state index in [4.69, 9.17) is 4.74 Å².